The molecule has 1 saturated heterocycles. The number of hydrogen-bond acceptors (Lipinski definition) is 2. The van der Waals surface area contributed by atoms with Crippen LogP contribution in [-0.2, 0) is 6.42 Å². The number of halogens is 2. The summed E-state index contributed by atoms with van der Waals surface area (Å²) in [5, 5.41) is 0.211. The van der Waals surface area contributed by atoms with Crippen LogP contribution in [0.15, 0.2) is 18.2 Å². The van der Waals surface area contributed by atoms with Gasteiger partial charge < -0.3 is 10.6 Å². The van der Waals surface area contributed by atoms with Crippen LogP contribution in [0.2, 0.25) is 5.02 Å². The molecule has 2 N–H and O–H groups in total. The van der Waals surface area contributed by atoms with E-state index in [2.05, 4.69) is 4.90 Å². The summed E-state index contributed by atoms with van der Waals surface area (Å²) >= 11 is 5.75. The van der Waals surface area contributed by atoms with E-state index < -0.39 is 0 Å². The van der Waals surface area contributed by atoms with Crippen LogP contribution in [0.3, 0.4) is 0 Å². The van der Waals surface area contributed by atoms with Crippen LogP contribution in [0.25, 0.3) is 0 Å². The highest BCUT2D eigenvalue weighted by atomic mass is 35.5. The van der Waals surface area contributed by atoms with Crippen LogP contribution in [0.1, 0.15) is 18.4 Å². The second kappa shape index (κ2) is 5.80. The number of likely N-dealkylation sites (tertiary alicyclic amines) is 1. The third-order valence-electron chi connectivity index (χ3n) is 3.33. The molecule has 2 nitrogen and oxygen atoms in total. The summed E-state index contributed by atoms with van der Waals surface area (Å²) in [7, 11) is 0. The predicted octanol–water partition coefficient (Wildman–Crippen LogP) is 2.44. The van der Waals surface area contributed by atoms with Crippen molar-refractivity contribution < 1.29 is 4.39 Å². The fraction of sp³-hybridized carbons (Fsp3) is 0.538. The lowest BCUT2D eigenvalue weighted by molar-refractivity contribution is 0.215. The molecule has 17 heavy (non-hydrogen) atoms. The third kappa shape index (κ3) is 3.66. The van der Waals surface area contributed by atoms with E-state index in [0.717, 1.165) is 44.5 Å². The Morgan fingerprint density at radius 1 is 1.35 bits per heavy atom. The highest BCUT2D eigenvalue weighted by Gasteiger charge is 2.15. The van der Waals surface area contributed by atoms with Gasteiger partial charge in [-0.3, -0.25) is 0 Å². The van der Waals surface area contributed by atoms with Gasteiger partial charge in [0.05, 0.1) is 5.02 Å². The van der Waals surface area contributed by atoms with Gasteiger partial charge in [0.15, 0.2) is 0 Å². The van der Waals surface area contributed by atoms with E-state index in [1.54, 1.807) is 12.1 Å². The number of nitrogens with zero attached hydrogens (tertiary/aromatic N) is 1. The van der Waals surface area contributed by atoms with Gasteiger partial charge in [0.2, 0.25) is 0 Å². The normalized spacial score (nSPS) is 18.5. The van der Waals surface area contributed by atoms with E-state index in [-0.39, 0.29) is 10.8 Å². The molecule has 0 saturated carbocycles. The third-order valence-corrected chi connectivity index (χ3v) is 3.62. The Morgan fingerprint density at radius 3 is 2.71 bits per heavy atom. The quantitative estimate of drug-likeness (QED) is 0.900. The predicted molar refractivity (Wildman–Crippen MR) is 68.8 cm³/mol. The maximum absolute atomic E-state index is 13.0. The molecule has 1 aliphatic heterocycles. The molecule has 1 aromatic carbocycles. The average molecular weight is 257 g/mol. The molecule has 0 amide bonds. The lowest BCUT2D eigenvalue weighted by Gasteiger charge is -2.29. The smallest absolute Gasteiger partial charge is 0.141 e. The first-order valence-corrected chi connectivity index (χ1v) is 6.45. The Morgan fingerprint density at radius 2 is 2.06 bits per heavy atom. The second-order valence-electron chi connectivity index (χ2n) is 4.68. The van der Waals surface area contributed by atoms with Crippen LogP contribution < -0.4 is 5.73 Å². The molecule has 0 spiro atoms. The number of hydrogen-bond donors (Lipinski definition) is 1. The Kier molecular flexibility index (Phi) is 4.37. The summed E-state index contributed by atoms with van der Waals surface area (Å²) in [5.74, 6) is -0.348. The van der Waals surface area contributed by atoms with Gasteiger partial charge in [0.25, 0.3) is 0 Å². The molecule has 0 aliphatic carbocycles. The summed E-state index contributed by atoms with van der Waals surface area (Å²) in [6.45, 7) is 3.13. The fourth-order valence-electron chi connectivity index (χ4n) is 2.16. The maximum Gasteiger partial charge on any atom is 0.141 e. The lowest BCUT2D eigenvalue weighted by Crippen LogP contribution is -2.40. The standard InChI is InChI=1S/C13H18ClFN2/c14-12-9-10(1-2-13(12)15)3-6-17-7-4-11(16)5-8-17/h1-2,9,11H,3-8,16H2. The van der Waals surface area contributed by atoms with Gasteiger partial charge in [-0.2, -0.15) is 0 Å². The molecular formula is C13H18ClFN2. The van der Waals surface area contributed by atoms with Crippen molar-refractivity contribution in [2.24, 2.45) is 5.73 Å². The zero-order valence-electron chi connectivity index (χ0n) is 9.83. The van der Waals surface area contributed by atoms with Crippen LogP contribution in [-0.4, -0.2) is 30.6 Å². The first-order valence-electron chi connectivity index (χ1n) is 6.07. The SMILES string of the molecule is NC1CCN(CCc2ccc(F)c(Cl)c2)CC1. The van der Waals surface area contributed by atoms with Crippen molar-refractivity contribution in [3.63, 3.8) is 0 Å². The zero-order chi connectivity index (χ0) is 12.3. The van der Waals surface area contributed by atoms with Gasteiger partial charge in [0, 0.05) is 12.6 Å². The fourth-order valence-corrected chi connectivity index (χ4v) is 2.36. The Bertz CT molecular complexity index is 376. The van der Waals surface area contributed by atoms with Crippen molar-refractivity contribution >= 4 is 11.6 Å². The number of piperidine rings is 1. The summed E-state index contributed by atoms with van der Waals surface area (Å²) in [4.78, 5) is 2.40. The molecule has 0 radical (unpaired) electrons. The van der Waals surface area contributed by atoms with Gasteiger partial charge in [-0.15, -0.1) is 0 Å². The average Bonchev–Trinajstić information content (AvgIpc) is 2.33. The highest BCUT2D eigenvalue weighted by molar-refractivity contribution is 6.30. The van der Waals surface area contributed by atoms with Gasteiger partial charge in [-0.25, -0.2) is 4.39 Å². The van der Waals surface area contributed by atoms with Gasteiger partial charge >= 0.3 is 0 Å². The minimum atomic E-state index is -0.348. The monoisotopic (exact) mass is 256 g/mol. The lowest BCUT2D eigenvalue weighted by atomic mass is 10.1. The molecule has 4 heteroatoms. The summed E-state index contributed by atoms with van der Waals surface area (Å²) in [6, 6.07) is 5.32. The Labute approximate surface area is 107 Å². The van der Waals surface area contributed by atoms with E-state index in [0.29, 0.717) is 6.04 Å². The first kappa shape index (κ1) is 12.8. The van der Waals surface area contributed by atoms with E-state index in [1.807, 2.05) is 0 Å². The van der Waals surface area contributed by atoms with Gasteiger partial charge in [0.1, 0.15) is 5.82 Å². The van der Waals surface area contributed by atoms with Crippen LogP contribution >= 0.6 is 11.6 Å². The molecule has 0 atom stereocenters. The Balaban J connectivity index is 1.83. The van der Waals surface area contributed by atoms with Gasteiger partial charge in [-0.1, -0.05) is 17.7 Å². The minimum Gasteiger partial charge on any atom is -0.328 e. The summed E-state index contributed by atoms with van der Waals surface area (Å²) < 4.78 is 13.0. The largest absolute Gasteiger partial charge is 0.328 e. The minimum absolute atomic E-state index is 0.211. The van der Waals surface area contributed by atoms with Crippen LogP contribution in [0.4, 0.5) is 4.39 Å². The molecule has 0 unspecified atom stereocenters. The van der Waals surface area contributed by atoms with Crippen molar-refractivity contribution in [2.45, 2.75) is 25.3 Å². The number of rotatable bonds is 3. The molecule has 0 bridgehead atoms. The second-order valence-corrected chi connectivity index (χ2v) is 5.08. The van der Waals surface area contributed by atoms with E-state index >= 15 is 0 Å². The van der Waals surface area contributed by atoms with E-state index in [9.17, 15) is 4.39 Å². The first-order chi connectivity index (χ1) is 8.15. The molecule has 1 aromatic rings. The summed E-state index contributed by atoms with van der Waals surface area (Å²) in [5.41, 5.74) is 6.94. The molecule has 1 fully saturated rings. The molecular weight excluding hydrogens is 239 g/mol. The number of nitrogens with two attached hydrogens (primary N) is 1. The molecule has 94 valence electrons. The van der Waals surface area contributed by atoms with Crippen molar-refractivity contribution in [3.8, 4) is 0 Å². The van der Waals surface area contributed by atoms with Crippen molar-refractivity contribution in [3.05, 3.63) is 34.6 Å². The van der Waals surface area contributed by atoms with E-state index in [4.69, 9.17) is 17.3 Å². The van der Waals surface area contributed by atoms with Crippen molar-refractivity contribution in [1.82, 2.24) is 4.90 Å². The summed E-state index contributed by atoms with van der Waals surface area (Å²) in [6.07, 6.45) is 3.06. The topological polar surface area (TPSA) is 29.3 Å². The van der Waals surface area contributed by atoms with Crippen molar-refractivity contribution in [1.29, 1.82) is 0 Å². The number of benzene rings is 1. The molecule has 2 rings (SSSR count). The zero-order valence-corrected chi connectivity index (χ0v) is 10.6. The van der Waals surface area contributed by atoms with E-state index in [1.165, 1.54) is 6.07 Å². The van der Waals surface area contributed by atoms with Crippen LogP contribution in [0, 0.1) is 5.82 Å². The van der Waals surface area contributed by atoms with Gasteiger partial charge in [-0.05, 0) is 50.0 Å². The van der Waals surface area contributed by atoms with Crippen LogP contribution in [0.5, 0.6) is 0 Å². The maximum atomic E-state index is 13.0. The molecule has 1 heterocycles. The highest BCUT2D eigenvalue weighted by Crippen LogP contribution is 2.17. The molecule has 0 aromatic heterocycles. The Hall–Kier alpha value is -0.640. The van der Waals surface area contributed by atoms with Crippen molar-refractivity contribution in [2.75, 3.05) is 19.6 Å². The molecule has 1 aliphatic rings.